The van der Waals surface area contributed by atoms with Crippen LogP contribution in [0.2, 0.25) is 0 Å². The zero-order valence-corrected chi connectivity index (χ0v) is 13.7. The fourth-order valence-corrected chi connectivity index (χ4v) is 2.64. The first kappa shape index (κ1) is 16.0. The lowest BCUT2D eigenvalue weighted by Crippen LogP contribution is -2.44. The summed E-state index contributed by atoms with van der Waals surface area (Å²) in [5, 5.41) is 2.82. The van der Waals surface area contributed by atoms with E-state index in [1.165, 1.54) is 6.20 Å². The van der Waals surface area contributed by atoms with Crippen molar-refractivity contribution >= 4 is 23.2 Å². The molecular weight excluding hydrogens is 306 g/mol. The number of anilines is 2. The van der Waals surface area contributed by atoms with Crippen LogP contribution >= 0.6 is 0 Å². The van der Waals surface area contributed by atoms with Crippen molar-refractivity contribution in [2.45, 2.75) is 26.4 Å². The highest BCUT2D eigenvalue weighted by Gasteiger charge is 2.31. The third-order valence-corrected chi connectivity index (χ3v) is 3.80. The third-order valence-electron chi connectivity index (χ3n) is 3.80. The minimum Gasteiger partial charge on any atom is -0.479 e. The van der Waals surface area contributed by atoms with Gasteiger partial charge in [-0.15, -0.1) is 0 Å². The van der Waals surface area contributed by atoms with Crippen LogP contribution in [0.25, 0.3) is 0 Å². The number of hydrogen-bond donors (Lipinski definition) is 1. The quantitative estimate of drug-likeness (QED) is 0.938. The molecule has 24 heavy (non-hydrogen) atoms. The normalized spacial score (nSPS) is 16.3. The molecule has 124 valence electrons. The highest BCUT2D eigenvalue weighted by molar-refractivity contribution is 6.05. The zero-order chi connectivity index (χ0) is 17.1. The lowest BCUT2D eigenvalue weighted by atomic mass is 10.1. The molecule has 1 atom stereocenters. The molecule has 0 radical (unpaired) electrons. The van der Waals surface area contributed by atoms with E-state index < -0.39 is 6.10 Å². The standard InChI is InChI=1S/C18H19N3O3/c1-3-9-21-15-7-6-14(10-16(15)24-12(2)18(21)23)20-17(22)13-5-4-8-19-11-13/h4-8,10-12H,3,9H2,1-2H3,(H,20,22). The summed E-state index contributed by atoms with van der Waals surface area (Å²) < 4.78 is 5.69. The molecule has 0 bridgehead atoms. The fraction of sp³-hybridized carbons (Fsp3) is 0.278. The van der Waals surface area contributed by atoms with Crippen molar-refractivity contribution in [2.24, 2.45) is 0 Å². The van der Waals surface area contributed by atoms with Gasteiger partial charge < -0.3 is 15.0 Å². The van der Waals surface area contributed by atoms with Gasteiger partial charge in [-0.2, -0.15) is 0 Å². The van der Waals surface area contributed by atoms with Gasteiger partial charge in [-0.25, -0.2) is 0 Å². The summed E-state index contributed by atoms with van der Waals surface area (Å²) in [6.07, 6.45) is 3.45. The Hall–Kier alpha value is -2.89. The molecule has 1 unspecified atom stereocenters. The summed E-state index contributed by atoms with van der Waals surface area (Å²) in [4.78, 5) is 30.1. The van der Waals surface area contributed by atoms with Crippen LogP contribution in [0.15, 0.2) is 42.7 Å². The first-order chi connectivity index (χ1) is 11.6. The van der Waals surface area contributed by atoms with Gasteiger partial charge in [0.25, 0.3) is 11.8 Å². The Morgan fingerprint density at radius 3 is 2.92 bits per heavy atom. The van der Waals surface area contributed by atoms with Gasteiger partial charge in [0.05, 0.1) is 11.3 Å². The molecule has 2 heterocycles. The van der Waals surface area contributed by atoms with Gasteiger partial charge in [0.15, 0.2) is 6.10 Å². The van der Waals surface area contributed by atoms with Gasteiger partial charge in [-0.3, -0.25) is 14.6 Å². The summed E-state index contributed by atoms with van der Waals surface area (Å²) in [6, 6.07) is 8.72. The van der Waals surface area contributed by atoms with Gasteiger partial charge in [0.2, 0.25) is 0 Å². The lowest BCUT2D eigenvalue weighted by Gasteiger charge is -2.33. The van der Waals surface area contributed by atoms with E-state index in [0.717, 1.165) is 12.1 Å². The van der Waals surface area contributed by atoms with Crippen molar-refractivity contribution in [3.63, 3.8) is 0 Å². The number of fused-ring (bicyclic) bond motifs is 1. The molecule has 0 spiro atoms. The van der Waals surface area contributed by atoms with Gasteiger partial charge >= 0.3 is 0 Å². The predicted molar refractivity (Wildman–Crippen MR) is 91.4 cm³/mol. The number of pyridine rings is 1. The minimum absolute atomic E-state index is 0.0449. The Labute approximate surface area is 140 Å². The highest BCUT2D eigenvalue weighted by atomic mass is 16.5. The molecule has 6 nitrogen and oxygen atoms in total. The molecule has 6 heteroatoms. The molecule has 1 aromatic heterocycles. The molecule has 3 rings (SSSR count). The maximum absolute atomic E-state index is 12.2. The molecule has 1 aliphatic rings. The SMILES string of the molecule is CCCN1C(=O)C(C)Oc2cc(NC(=O)c3cccnc3)ccc21. The molecule has 0 fully saturated rings. The number of hydrogen-bond acceptors (Lipinski definition) is 4. The van der Waals surface area contributed by atoms with Crippen LogP contribution in [-0.4, -0.2) is 29.4 Å². The summed E-state index contributed by atoms with van der Waals surface area (Å²) in [5.41, 5.74) is 1.83. The van der Waals surface area contributed by atoms with E-state index in [4.69, 9.17) is 4.74 Å². The Morgan fingerprint density at radius 1 is 1.38 bits per heavy atom. The second kappa shape index (κ2) is 6.70. The molecule has 1 N–H and O–H groups in total. The van der Waals surface area contributed by atoms with Crippen LogP contribution in [0, 0.1) is 0 Å². The molecule has 0 saturated heterocycles. The van der Waals surface area contributed by atoms with E-state index in [1.54, 1.807) is 48.4 Å². The summed E-state index contributed by atoms with van der Waals surface area (Å²) in [7, 11) is 0. The molecule has 1 aromatic carbocycles. The second-order valence-electron chi connectivity index (χ2n) is 5.63. The van der Waals surface area contributed by atoms with Crippen LogP contribution < -0.4 is 15.0 Å². The van der Waals surface area contributed by atoms with Crippen molar-refractivity contribution in [2.75, 3.05) is 16.8 Å². The van der Waals surface area contributed by atoms with Gasteiger partial charge in [0, 0.05) is 30.7 Å². The number of nitrogens with zero attached hydrogens (tertiary/aromatic N) is 2. The smallest absolute Gasteiger partial charge is 0.267 e. The van der Waals surface area contributed by atoms with Crippen LogP contribution in [0.5, 0.6) is 5.75 Å². The minimum atomic E-state index is -0.534. The number of rotatable bonds is 4. The first-order valence-corrected chi connectivity index (χ1v) is 7.93. The summed E-state index contributed by atoms with van der Waals surface area (Å²) in [6.45, 7) is 4.39. The van der Waals surface area contributed by atoms with Crippen molar-refractivity contribution in [3.8, 4) is 5.75 Å². The zero-order valence-electron chi connectivity index (χ0n) is 13.7. The third kappa shape index (κ3) is 3.08. The van der Waals surface area contributed by atoms with Gasteiger partial charge in [-0.1, -0.05) is 6.92 Å². The number of carbonyl (C=O) groups excluding carboxylic acids is 2. The van der Waals surface area contributed by atoms with E-state index in [2.05, 4.69) is 10.3 Å². The Kier molecular flexibility index (Phi) is 4.46. The van der Waals surface area contributed by atoms with Crippen LogP contribution in [0.3, 0.4) is 0 Å². The monoisotopic (exact) mass is 325 g/mol. The Bertz CT molecular complexity index is 761. The number of amides is 2. The number of benzene rings is 1. The predicted octanol–water partition coefficient (Wildman–Crippen LogP) is 2.86. The van der Waals surface area contributed by atoms with E-state index in [9.17, 15) is 9.59 Å². The van der Waals surface area contributed by atoms with Crippen LogP contribution in [0.4, 0.5) is 11.4 Å². The number of aromatic nitrogens is 1. The van der Waals surface area contributed by atoms with Crippen LogP contribution in [-0.2, 0) is 4.79 Å². The first-order valence-electron chi connectivity index (χ1n) is 7.93. The van der Waals surface area contributed by atoms with E-state index in [-0.39, 0.29) is 11.8 Å². The van der Waals surface area contributed by atoms with Crippen LogP contribution in [0.1, 0.15) is 30.6 Å². The lowest BCUT2D eigenvalue weighted by molar-refractivity contribution is -0.125. The van der Waals surface area contributed by atoms with Crippen molar-refractivity contribution in [1.82, 2.24) is 4.98 Å². The van der Waals surface area contributed by atoms with Crippen molar-refractivity contribution in [3.05, 3.63) is 48.3 Å². The molecule has 2 aromatic rings. The topological polar surface area (TPSA) is 71.5 Å². The van der Waals surface area contributed by atoms with E-state index in [0.29, 0.717) is 23.5 Å². The average Bonchev–Trinajstić information content (AvgIpc) is 2.59. The Morgan fingerprint density at radius 2 is 2.21 bits per heavy atom. The number of nitrogens with one attached hydrogen (secondary N) is 1. The Balaban J connectivity index is 1.85. The summed E-state index contributed by atoms with van der Waals surface area (Å²) in [5.74, 6) is 0.310. The summed E-state index contributed by atoms with van der Waals surface area (Å²) >= 11 is 0. The number of ether oxygens (including phenoxy) is 1. The van der Waals surface area contributed by atoms with Gasteiger partial charge in [0.1, 0.15) is 5.75 Å². The largest absolute Gasteiger partial charge is 0.479 e. The molecule has 0 saturated carbocycles. The maximum atomic E-state index is 12.2. The molecule has 0 aliphatic carbocycles. The maximum Gasteiger partial charge on any atom is 0.267 e. The molecule has 2 amide bonds. The van der Waals surface area contributed by atoms with Crippen molar-refractivity contribution in [1.29, 1.82) is 0 Å². The number of carbonyl (C=O) groups is 2. The van der Waals surface area contributed by atoms with Crippen molar-refractivity contribution < 1.29 is 14.3 Å². The molecule has 1 aliphatic heterocycles. The van der Waals surface area contributed by atoms with Gasteiger partial charge in [-0.05, 0) is 37.6 Å². The highest BCUT2D eigenvalue weighted by Crippen LogP contribution is 2.36. The average molecular weight is 325 g/mol. The second-order valence-corrected chi connectivity index (χ2v) is 5.63. The molecular formula is C18H19N3O3. The fourth-order valence-electron chi connectivity index (χ4n) is 2.64. The van der Waals surface area contributed by atoms with E-state index >= 15 is 0 Å². The van der Waals surface area contributed by atoms with E-state index in [1.807, 2.05) is 6.92 Å².